The molecule has 0 unspecified atom stereocenters. The summed E-state index contributed by atoms with van der Waals surface area (Å²) in [7, 11) is 0. The minimum absolute atomic E-state index is 0.714. The van der Waals surface area contributed by atoms with E-state index in [0.717, 1.165) is 38.4 Å². The number of nitrogens with one attached hydrogen (secondary N) is 1. The summed E-state index contributed by atoms with van der Waals surface area (Å²) in [6.45, 7) is 2.77. The first-order valence-electron chi connectivity index (χ1n) is 5.03. The lowest BCUT2D eigenvalue weighted by Gasteiger charge is -2.22. The van der Waals surface area contributed by atoms with Crippen molar-refractivity contribution < 1.29 is 4.74 Å². The fourth-order valence-electron chi connectivity index (χ4n) is 1.59. The van der Waals surface area contributed by atoms with Crippen molar-refractivity contribution in [3.05, 3.63) is 18.6 Å². The molecule has 1 aromatic heterocycles. The van der Waals surface area contributed by atoms with Crippen LogP contribution < -0.4 is 5.32 Å². The van der Waals surface area contributed by atoms with E-state index in [2.05, 4.69) is 15.3 Å². The molecule has 0 atom stereocenters. The molecule has 14 heavy (non-hydrogen) atoms. The highest BCUT2D eigenvalue weighted by atomic mass is 16.5. The Morgan fingerprint density at radius 2 is 2.21 bits per heavy atom. The third-order valence-corrected chi connectivity index (χ3v) is 2.48. The smallest absolute Gasteiger partial charge is 0.144 e. The number of rotatable bonds is 3. The van der Waals surface area contributed by atoms with Crippen molar-refractivity contribution in [1.29, 1.82) is 0 Å². The van der Waals surface area contributed by atoms with Crippen molar-refractivity contribution in [3.63, 3.8) is 0 Å². The van der Waals surface area contributed by atoms with E-state index in [1.807, 2.05) is 0 Å². The first-order chi connectivity index (χ1) is 6.95. The van der Waals surface area contributed by atoms with Crippen LogP contribution in [-0.4, -0.2) is 29.7 Å². The van der Waals surface area contributed by atoms with E-state index in [4.69, 9.17) is 4.74 Å². The van der Waals surface area contributed by atoms with Gasteiger partial charge >= 0.3 is 0 Å². The molecule has 4 nitrogen and oxygen atoms in total. The van der Waals surface area contributed by atoms with Crippen LogP contribution in [0.15, 0.2) is 18.6 Å². The van der Waals surface area contributed by atoms with Crippen LogP contribution in [0.3, 0.4) is 0 Å². The number of aromatic nitrogens is 2. The monoisotopic (exact) mass is 193 g/mol. The molecule has 1 N–H and O–H groups in total. The zero-order valence-electron chi connectivity index (χ0n) is 8.15. The molecular weight excluding hydrogens is 178 g/mol. The van der Waals surface area contributed by atoms with Crippen LogP contribution in [0.1, 0.15) is 12.8 Å². The number of anilines is 1. The molecule has 0 saturated carbocycles. The van der Waals surface area contributed by atoms with E-state index in [1.54, 1.807) is 18.6 Å². The van der Waals surface area contributed by atoms with E-state index in [-0.39, 0.29) is 0 Å². The third-order valence-electron chi connectivity index (χ3n) is 2.48. The SMILES string of the molecule is c1cnc(NCC2CCOCC2)cn1. The maximum absolute atomic E-state index is 5.30. The van der Waals surface area contributed by atoms with Gasteiger partial charge in [0.05, 0.1) is 6.20 Å². The van der Waals surface area contributed by atoms with Crippen LogP contribution >= 0.6 is 0 Å². The van der Waals surface area contributed by atoms with Gasteiger partial charge in [-0.1, -0.05) is 0 Å². The zero-order chi connectivity index (χ0) is 9.64. The van der Waals surface area contributed by atoms with Crippen molar-refractivity contribution in [2.75, 3.05) is 25.1 Å². The summed E-state index contributed by atoms with van der Waals surface area (Å²) in [6, 6.07) is 0. The van der Waals surface area contributed by atoms with Gasteiger partial charge in [-0.05, 0) is 18.8 Å². The van der Waals surface area contributed by atoms with Gasteiger partial charge in [0.15, 0.2) is 0 Å². The minimum Gasteiger partial charge on any atom is -0.381 e. The van der Waals surface area contributed by atoms with Crippen LogP contribution in [-0.2, 0) is 4.74 Å². The van der Waals surface area contributed by atoms with Gasteiger partial charge in [0, 0.05) is 32.2 Å². The Morgan fingerprint density at radius 1 is 1.36 bits per heavy atom. The van der Waals surface area contributed by atoms with Gasteiger partial charge in [0.25, 0.3) is 0 Å². The molecule has 4 heteroatoms. The summed E-state index contributed by atoms with van der Waals surface area (Å²) in [4.78, 5) is 8.16. The van der Waals surface area contributed by atoms with E-state index >= 15 is 0 Å². The maximum atomic E-state index is 5.30. The molecule has 2 heterocycles. The van der Waals surface area contributed by atoms with E-state index in [0.29, 0.717) is 5.92 Å². The second kappa shape index (κ2) is 4.91. The van der Waals surface area contributed by atoms with Crippen LogP contribution in [0.5, 0.6) is 0 Å². The summed E-state index contributed by atoms with van der Waals surface area (Å²) in [5.41, 5.74) is 0. The molecule has 1 fully saturated rings. The molecule has 1 aliphatic rings. The zero-order valence-corrected chi connectivity index (χ0v) is 8.15. The number of ether oxygens (including phenoxy) is 1. The predicted molar refractivity (Wildman–Crippen MR) is 54.1 cm³/mol. The molecule has 0 amide bonds. The van der Waals surface area contributed by atoms with Gasteiger partial charge in [-0.3, -0.25) is 4.98 Å². The van der Waals surface area contributed by atoms with Gasteiger partial charge in [0.1, 0.15) is 5.82 Å². The highest BCUT2D eigenvalue weighted by Gasteiger charge is 2.13. The molecule has 1 aliphatic heterocycles. The second-order valence-electron chi connectivity index (χ2n) is 3.53. The standard InChI is InChI=1S/C10H15N3O/c1-5-14-6-2-9(1)7-13-10-8-11-3-4-12-10/h3-4,8-9H,1-2,5-7H2,(H,12,13). The lowest BCUT2D eigenvalue weighted by Crippen LogP contribution is -2.22. The van der Waals surface area contributed by atoms with Gasteiger partial charge in [0.2, 0.25) is 0 Å². The minimum atomic E-state index is 0.714. The predicted octanol–water partition coefficient (Wildman–Crippen LogP) is 1.32. The highest BCUT2D eigenvalue weighted by Crippen LogP contribution is 2.14. The van der Waals surface area contributed by atoms with Crippen molar-refractivity contribution in [1.82, 2.24) is 9.97 Å². The fraction of sp³-hybridized carbons (Fsp3) is 0.600. The molecule has 0 spiro atoms. The van der Waals surface area contributed by atoms with E-state index in [1.165, 1.54) is 0 Å². The Kier molecular flexibility index (Phi) is 3.29. The molecule has 0 radical (unpaired) electrons. The summed E-state index contributed by atoms with van der Waals surface area (Å²) in [6.07, 6.45) is 7.42. The van der Waals surface area contributed by atoms with Crippen LogP contribution in [0, 0.1) is 5.92 Å². The second-order valence-corrected chi connectivity index (χ2v) is 3.53. The van der Waals surface area contributed by atoms with Gasteiger partial charge in [-0.2, -0.15) is 0 Å². The summed E-state index contributed by atoms with van der Waals surface area (Å²) < 4.78 is 5.30. The highest BCUT2D eigenvalue weighted by molar-refractivity contribution is 5.29. The maximum Gasteiger partial charge on any atom is 0.144 e. The molecule has 0 bridgehead atoms. The summed E-state index contributed by atoms with van der Waals surface area (Å²) in [5, 5.41) is 3.29. The number of hydrogen-bond donors (Lipinski definition) is 1. The average Bonchev–Trinajstić information content (AvgIpc) is 2.29. The average molecular weight is 193 g/mol. The molecule has 0 aromatic carbocycles. The van der Waals surface area contributed by atoms with Crippen LogP contribution in [0.2, 0.25) is 0 Å². The number of nitrogens with zero attached hydrogens (tertiary/aromatic N) is 2. The van der Waals surface area contributed by atoms with Crippen molar-refractivity contribution in [2.45, 2.75) is 12.8 Å². The number of hydrogen-bond acceptors (Lipinski definition) is 4. The molecule has 76 valence electrons. The molecule has 0 aliphatic carbocycles. The quantitative estimate of drug-likeness (QED) is 0.786. The molecule has 2 rings (SSSR count). The topological polar surface area (TPSA) is 47.0 Å². The fourth-order valence-corrected chi connectivity index (χ4v) is 1.59. The summed E-state index contributed by atoms with van der Waals surface area (Å²) in [5.74, 6) is 1.57. The van der Waals surface area contributed by atoms with Gasteiger partial charge < -0.3 is 10.1 Å². The van der Waals surface area contributed by atoms with Gasteiger partial charge in [-0.25, -0.2) is 4.98 Å². The van der Waals surface area contributed by atoms with Crippen molar-refractivity contribution >= 4 is 5.82 Å². The van der Waals surface area contributed by atoms with Crippen molar-refractivity contribution in [2.24, 2.45) is 5.92 Å². The Balaban J connectivity index is 1.76. The normalized spacial score (nSPS) is 18.0. The van der Waals surface area contributed by atoms with E-state index < -0.39 is 0 Å². The Hall–Kier alpha value is -1.16. The Labute approximate surface area is 83.7 Å². The molecule has 1 saturated heterocycles. The molecular formula is C10H15N3O. The van der Waals surface area contributed by atoms with Gasteiger partial charge in [-0.15, -0.1) is 0 Å². The third kappa shape index (κ3) is 2.67. The van der Waals surface area contributed by atoms with Crippen molar-refractivity contribution in [3.8, 4) is 0 Å². The van der Waals surface area contributed by atoms with Crippen LogP contribution in [0.25, 0.3) is 0 Å². The lowest BCUT2D eigenvalue weighted by atomic mass is 10.0. The lowest BCUT2D eigenvalue weighted by molar-refractivity contribution is 0.0699. The first kappa shape index (κ1) is 9.40. The largest absolute Gasteiger partial charge is 0.381 e. The van der Waals surface area contributed by atoms with Crippen LogP contribution in [0.4, 0.5) is 5.82 Å². The Bertz CT molecular complexity index is 259. The van der Waals surface area contributed by atoms with E-state index in [9.17, 15) is 0 Å². The Morgan fingerprint density at radius 3 is 2.93 bits per heavy atom. The summed E-state index contributed by atoms with van der Waals surface area (Å²) >= 11 is 0. The molecule has 1 aromatic rings. The first-order valence-corrected chi connectivity index (χ1v) is 5.03.